The van der Waals surface area contributed by atoms with E-state index in [2.05, 4.69) is 4.90 Å². The van der Waals surface area contributed by atoms with Crippen molar-refractivity contribution in [2.75, 3.05) is 26.3 Å². The first kappa shape index (κ1) is 12.4. The van der Waals surface area contributed by atoms with E-state index in [0.29, 0.717) is 5.02 Å². The molecular weight excluding hydrogens is 242 g/mol. The summed E-state index contributed by atoms with van der Waals surface area (Å²) in [6, 6.07) is 4.87. The van der Waals surface area contributed by atoms with Crippen LogP contribution in [0.4, 0.5) is 0 Å². The van der Waals surface area contributed by atoms with E-state index in [1.807, 2.05) is 0 Å². The first-order chi connectivity index (χ1) is 8.16. The van der Waals surface area contributed by atoms with E-state index in [-0.39, 0.29) is 5.56 Å². The number of rotatable bonds is 3. The Morgan fingerprint density at radius 3 is 2.71 bits per heavy atom. The molecule has 0 radical (unpaired) electrons. The van der Waals surface area contributed by atoms with Gasteiger partial charge in [-0.2, -0.15) is 0 Å². The first-order valence-corrected chi connectivity index (χ1v) is 5.86. The molecule has 5 heteroatoms. The molecule has 0 bridgehead atoms. The maximum Gasteiger partial charge on any atom is 0.335 e. The van der Waals surface area contributed by atoms with Crippen molar-refractivity contribution >= 4 is 17.6 Å². The second-order valence-electron chi connectivity index (χ2n) is 4.00. The standard InChI is InChI=1S/C12H14ClNO3/c13-11-7-9(12(15)16)1-2-10(11)8-14-3-5-17-6-4-14/h1-2,7H,3-6,8H2,(H,15,16). The van der Waals surface area contributed by atoms with E-state index in [1.165, 1.54) is 6.07 Å². The number of morpholine rings is 1. The van der Waals surface area contributed by atoms with Gasteiger partial charge in [-0.3, -0.25) is 4.90 Å². The van der Waals surface area contributed by atoms with Crippen LogP contribution < -0.4 is 0 Å². The van der Waals surface area contributed by atoms with Crippen LogP contribution in [0.3, 0.4) is 0 Å². The van der Waals surface area contributed by atoms with E-state index >= 15 is 0 Å². The minimum absolute atomic E-state index is 0.223. The fraction of sp³-hybridized carbons (Fsp3) is 0.417. The molecule has 92 valence electrons. The summed E-state index contributed by atoms with van der Waals surface area (Å²) in [5.74, 6) is -0.954. The predicted molar refractivity (Wildman–Crippen MR) is 64.5 cm³/mol. The fourth-order valence-electron chi connectivity index (χ4n) is 1.81. The number of benzene rings is 1. The Kier molecular flexibility index (Phi) is 3.99. The number of carboxylic acid groups (broad SMARTS) is 1. The molecule has 0 unspecified atom stereocenters. The van der Waals surface area contributed by atoms with Gasteiger partial charge in [-0.05, 0) is 17.7 Å². The summed E-state index contributed by atoms with van der Waals surface area (Å²) in [7, 11) is 0. The Balaban J connectivity index is 2.08. The smallest absolute Gasteiger partial charge is 0.335 e. The third-order valence-corrected chi connectivity index (χ3v) is 3.15. The second kappa shape index (κ2) is 5.49. The molecule has 1 fully saturated rings. The SMILES string of the molecule is O=C(O)c1ccc(CN2CCOCC2)c(Cl)c1. The first-order valence-electron chi connectivity index (χ1n) is 5.48. The Hall–Kier alpha value is -1.10. The van der Waals surface area contributed by atoms with Gasteiger partial charge in [0, 0.05) is 24.7 Å². The summed E-state index contributed by atoms with van der Waals surface area (Å²) < 4.78 is 5.27. The summed E-state index contributed by atoms with van der Waals surface area (Å²) in [6.07, 6.45) is 0. The molecule has 1 aliphatic heterocycles. The summed E-state index contributed by atoms with van der Waals surface area (Å²) >= 11 is 6.07. The maximum atomic E-state index is 10.8. The quantitative estimate of drug-likeness (QED) is 0.896. The lowest BCUT2D eigenvalue weighted by atomic mass is 10.1. The fourth-order valence-corrected chi connectivity index (χ4v) is 2.05. The van der Waals surface area contributed by atoms with Gasteiger partial charge in [0.2, 0.25) is 0 Å². The van der Waals surface area contributed by atoms with E-state index in [9.17, 15) is 4.79 Å². The highest BCUT2D eigenvalue weighted by Crippen LogP contribution is 2.20. The lowest BCUT2D eigenvalue weighted by Crippen LogP contribution is -2.35. The molecule has 0 aliphatic carbocycles. The molecule has 0 aromatic heterocycles. The van der Waals surface area contributed by atoms with Crippen molar-refractivity contribution in [1.29, 1.82) is 0 Å². The van der Waals surface area contributed by atoms with Crippen LogP contribution in [0.1, 0.15) is 15.9 Å². The molecule has 17 heavy (non-hydrogen) atoms. The molecular formula is C12H14ClNO3. The van der Waals surface area contributed by atoms with Crippen LogP contribution in [0.15, 0.2) is 18.2 Å². The summed E-state index contributed by atoms with van der Waals surface area (Å²) in [5, 5.41) is 9.35. The van der Waals surface area contributed by atoms with Crippen molar-refractivity contribution < 1.29 is 14.6 Å². The van der Waals surface area contributed by atoms with Crippen LogP contribution in [0.25, 0.3) is 0 Å². The number of nitrogens with zero attached hydrogens (tertiary/aromatic N) is 1. The van der Waals surface area contributed by atoms with Crippen molar-refractivity contribution in [3.05, 3.63) is 34.3 Å². The highest BCUT2D eigenvalue weighted by atomic mass is 35.5. The lowest BCUT2D eigenvalue weighted by Gasteiger charge is -2.26. The molecule has 0 atom stereocenters. The third-order valence-electron chi connectivity index (χ3n) is 2.80. The van der Waals surface area contributed by atoms with E-state index in [4.69, 9.17) is 21.4 Å². The molecule has 1 aromatic carbocycles. The molecule has 1 N–H and O–H groups in total. The van der Waals surface area contributed by atoms with Crippen LogP contribution >= 0.6 is 11.6 Å². The molecule has 1 heterocycles. The largest absolute Gasteiger partial charge is 0.478 e. The Morgan fingerprint density at radius 2 is 2.12 bits per heavy atom. The summed E-state index contributed by atoms with van der Waals surface area (Å²) in [4.78, 5) is 13.0. The Labute approximate surface area is 105 Å². The third kappa shape index (κ3) is 3.19. The van der Waals surface area contributed by atoms with Crippen molar-refractivity contribution in [3.63, 3.8) is 0 Å². The van der Waals surface area contributed by atoms with E-state index in [0.717, 1.165) is 38.4 Å². The van der Waals surface area contributed by atoms with Crippen LogP contribution in [0.2, 0.25) is 5.02 Å². The highest BCUT2D eigenvalue weighted by molar-refractivity contribution is 6.31. The second-order valence-corrected chi connectivity index (χ2v) is 4.41. The van der Waals surface area contributed by atoms with Gasteiger partial charge < -0.3 is 9.84 Å². The molecule has 1 saturated heterocycles. The zero-order chi connectivity index (χ0) is 12.3. The number of aromatic carboxylic acids is 1. The minimum Gasteiger partial charge on any atom is -0.478 e. The normalized spacial score (nSPS) is 17.0. The van der Waals surface area contributed by atoms with Gasteiger partial charge in [-0.25, -0.2) is 4.79 Å². The summed E-state index contributed by atoms with van der Waals surface area (Å²) in [6.45, 7) is 3.99. The number of halogens is 1. The molecule has 4 nitrogen and oxygen atoms in total. The van der Waals surface area contributed by atoms with Gasteiger partial charge in [0.15, 0.2) is 0 Å². The van der Waals surface area contributed by atoms with Gasteiger partial charge in [-0.15, -0.1) is 0 Å². The van der Waals surface area contributed by atoms with Crippen molar-refractivity contribution in [3.8, 4) is 0 Å². The van der Waals surface area contributed by atoms with Gasteiger partial charge in [0.1, 0.15) is 0 Å². The molecule has 0 saturated carbocycles. The average molecular weight is 256 g/mol. The molecule has 0 spiro atoms. The number of carbonyl (C=O) groups is 1. The number of hydrogen-bond donors (Lipinski definition) is 1. The lowest BCUT2D eigenvalue weighted by molar-refractivity contribution is 0.0342. The van der Waals surface area contributed by atoms with Crippen LogP contribution in [-0.4, -0.2) is 42.3 Å². The van der Waals surface area contributed by atoms with Crippen molar-refractivity contribution in [1.82, 2.24) is 4.90 Å². The molecule has 1 aromatic rings. The number of hydrogen-bond acceptors (Lipinski definition) is 3. The van der Waals surface area contributed by atoms with Crippen molar-refractivity contribution in [2.45, 2.75) is 6.54 Å². The molecule has 2 rings (SSSR count). The predicted octanol–water partition coefficient (Wildman–Crippen LogP) is 1.87. The van der Waals surface area contributed by atoms with E-state index < -0.39 is 5.97 Å². The number of carboxylic acids is 1. The average Bonchev–Trinajstić information content (AvgIpc) is 2.33. The minimum atomic E-state index is -0.954. The maximum absolute atomic E-state index is 10.8. The van der Waals surface area contributed by atoms with Gasteiger partial charge in [0.05, 0.1) is 18.8 Å². The molecule has 0 amide bonds. The van der Waals surface area contributed by atoms with E-state index in [1.54, 1.807) is 12.1 Å². The Bertz CT molecular complexity index is 416. The summed E-state index contributed by atoms with van der Waals surface area (Å²) in [5.41, 5.74) is 1.18. The van der Waals surface area contributed by atoms with Gasteiger partial charge >= 0.3 is 5.97 Å². The zero-order valence-corrected chi connectivity index (χ0v) is 10.1. The van der Waals surface area contributed by atoms with Crippen LogP contribution in [0, 0.1) is 0 Å². The van der Waals surface area contributed by atoms with Crippen LogP contribution in [-0.2, 0) is 11.3 Å². The Morgan fingerprint density at radius 1 is 1.41 bits per heavy atom. The van der Waals surface area contributed by atoms with Gasteiger partial charge in [-0.1, -0.05) is 17.7 Å². The monoisotopic (exact) mass is 255 g/mol. The topological polar surface area (TPSA) is 49.8 Å². The van der Waals surface area contributed by atoms with Gasteiger partial charge in [0.25, 0.3) is 0 Å². The highest BCUT2D eigenvalue weighted by Gasteiger charge is 2.13. The molecule has 1 aliphatic rings. The number of ether oxygens (including phenoxy) is 1. The van der Waals surface area contributed by atoms with Crippen LogP contribution in [0.5, 0.6) is 0 Å². The zero-order valence-electron chi connectivity index (χ0n) is 9.36. The van der Waals surface area contributed by atoms with Crippen molar-refractivity contribution in [2.24, 2.45) is 0 Å².